The van der Waals surface area contributed by atoms with Crippen molar-refractivity contribution in [2.75, 3.05) is 19.7 Å². The van der Waals surface area contributed by atoms with E-state index in [1.54, 1.807) is 17.4 Å². The van der Waals surface area contributed by atoms with Gasteiger partial charge in [-0.1, -0.05) is 6.07 Å². The maximum absolute atomic E-state index is 12.0. The summed E-state index contributed by atoms with van der Waals surface area (Å²) in [6.45, 7) is 1.85. The van der Waals surface area contributed by atoms with E-state index in [-0.39, 0.29) is 12.5 Å². The lowest BCUT2D eigenvalue weighted by atomic mass is 9.95. The number of aliphatic hydroxyl groups excluding tert-OH is 1. The lowest BCUT2D eigenvalue weighted by Gasteiger charge is -2.31. The van der Waals surface area contributed by atoms with Gasteiger partial charge in [0.25, 0.3) is 0 Å². The Bertz CT molecular complexity index is 398. The number of hydrogen-bond donors (Lipinski definition) is 1. The number of hydrogen-bond acceptors (Lipinski definition) is 3. The second kappa shape index (κ2) is 6.71. The highest BCUT2D eigenvalue weighted by Crippen LogP contribution is 2.19. The molecule has 1 aliphatic heterocycles. The summed E-state index contributed by atoms with van der Waals surface area (Å²) in [7, 11) is 0. The molecule has 1 amide bonds. The Hall–Kier alpha value is -1.13. The number of aliphatic hydroxyl groups is 1. The third-order valence-electron chi connectivity index (χ3n) is 3.30. The summed E-state index contributed by atoms with van der Waals surface area (Å²) in [5, 5.41) is 11.0. The van der Waals surface area contributed by atoms with Crippen molar-refractivity contribution in [1.82, 2.24) is 4.90 Å². The molecule has 18 heavy (non-hydrogen) atoms. The number of rotatable bonds is 4. The van der Waals surface area contributed by atoms with Gasteiger partial charge in [-0.25, -0.2) is 0 Å². The van der Waals surface area contributed by atoms with E-state index in [2.05, 4.69) is 0 Å². The number of carbonyl (C=O) groups excluding carboxylic acids is 1. The van der Waals surface area contributed by atoms with Crippen LogP contribution in [-0.2, 0) is 4.79 Å². The van der Waals surface area contributed by atoms with Gasteiger partial charge in [0.15, 0.2) is 0 Å². The van der Waals surface area contributed by atoms with E-state index < -0.39 is 0 Å². The largest absolute Gasteiger partial charge is 0.396 e. The molecular weight excluding hydrogens is 246 g/mol. The number of thiophene rings is 1. The van der Waals surface area contributed by atoms with Crippen LogP contribution in [0, 0.1) is 5.92 Å². The predicted octanol–water partition coefficient (Wildman–Crippen LogP) is 2.38. The smallest absolute Gasteiger partial charge is 0.246 e. The second-order valence-electron chi connectivity index (χ2n) is 4.65. The molecule has 0 aromatic carbocycles. The Morgan fingerprint density at radius 2 is 2.50 bits per heavy atom. The first-order valence-corrected chi connectivity index (χ1v) is 7.29. The van der Waals surface area contributed by atoms with Gasteiger partial charge in [0.2, 0.25) is 5.91 Å². The highest BCUT2D eigenvalue weighted by molar-refractivity contribution is 7.10. The second-order valence-corrected chi connectivity index (χ2v) is 5.63. The van der Waals surface area contributed by atoms with Gasteiger partial charge in [0, 0.05) is 30.6 Å². The molecule has 1 saturated heterocycles. The third kappa shape index (κ3) is 3.68. The molecule has 1 N–H and O–H groups in total. The zero-order chi connectivity index (χ0) is 12.8. The van der Waals surface area contributed by atoms with Crippen LogP contribution >= 0.6 is 11.3 Å². The van der Waals surface area contributed by atoms with Crippen LogP contribution in [0.15, 0.2) is 23.6 Å². The summed E-state index contributed by atoms with van der Waals surface area (Å²) in [4.78, 5) is 15.0. The van der Waals surface area contributed by atoms with Crippen molar-refractivity contribution >= 4 is 23.3 Å². The fraction of sp³-hybridized carbons (Fsp3) is 0.500. The fourth-order valence-corrected chi connectivity index (χ4v) is 2.95. The summed E-state index contributed by atoms with van der Waals surface area (Å²) in [5.74, 6) is 0.550. The van der Waals surface area contributed by atoms with Crippen LogP contribution in [0.1, 0.15) is 24.1 Å². The number of likely N-dealkylation sites (tertiary alicyclic amines) is 1. The molecule has 4 heteroatoms. The number of nitrogens with zero attached hydrogens (tertiary/aromatic N) is 1. The van der Waals surface area contributed by atoms with Gasteiger partial charge >= 0.3 is 0 Å². The first-order chi connectivity index (χ1) is 8.79. The minimum Gasteiger partial charge on any atom is -0.396 e. The Balaban J connectivity index is 1.88. The van der Waals surface area contributed by atoms with E-state index in [1.807, 2.05) is 28.5 Å². The summed E-state index contributed by atoms with van der Waals surface area (Å²) in [5.41, 5.74) is 0. The van der Waals surface area contributed by atoms with Gasteiger partial charge in [-0.05, 0) is 42.7 Å². The van der Waals surface area contributed by atoms with Crippen molar-refractivity contribution in [2.45, 2.75) is 19.3 Å². The molecule has 1 aliphatic rings. The van der Waals surface area contributed by atoms with Gasteiger partial charge in [-0.3, -0.25) is 4.79 Å². The summed E-state index contributed by atoms with van der Waals surface area (Å²) in [6, 6.07) is 3.98. The van der Waals surface area contributed by atoms with E-state index in [0.717, 1.165) is 37.2 Å². The molecule has 1 aromatic rings. The lowest BCUT2D eigenvalue weighted by molar-refractivity contribution is -0.127. The minimum atomic E-state index is 0.0889. The summed E-state index contributed by atoms with van der Waals surface area (Å²) >= 11 is 1.63. The SMILES string of the molecule is O=C(/C=C/c1cccs1)N1CCCC(CCO)C1. The molecule has 2 heterocycles. The van der Waals surface area contributed by atoms with E-state index in [0.29, 0.717) is 5.92 Å². The molecule has 2 rings (SSSR count). The summed E-state index contributed by atoms with van der Waals surface area (Å²) < 4.78 is 0. The van der Waals surface area contributed by atoms with Crippen LogP contribution < -0.4 is 0 Å². The van der Waals surface area contributed by atoms with E-state index >= 15 is 0 Å². The molecule has 1 aromatic heterocycles. The summed E-state index contributed by atoms with van der Waals surface area (Å²) in [6.07, 6.45) is 6.51. The number of amides is 1. The molecule has 1 fully saturated rings. The van der Waals surface area contributed by atoms with Gasteiger partial charge in [-0.15, -0.1) is 11.3 Å². The Labute approximate surface area is 112 Å². The highest BCUT2D eigenvalue weighted by Gasteiger charge is 2.21. The van der Waals surface area contributed by atoms with Gasteiger partial charge in [-0.2, -0.15) is 0 Å². The van der Waals surface area contributed by atoms with Crippen molar-refractivity contribution in [3.05, 3.63) is 28.5 Å². The monoisotopic (exact) mass is 265 g/mol. The van der Waals surface area contributed by atoms with Crippen LogP contribution in [0.5, 0.6) is 0 Å². The standard InChI is InChI=1S/C14H19NO2S/c16-9-7-12-3-1-8-15(11-12)14(17)6-5-13-4-2-10-18-13/h2,4-6,10,12,16H,1,3,7-9,11H2/b6-5+. The third-order valence-corrected chi connectivity index (χ3v) is 4.14. The molecule has 0 bridgehead atoms. The van der Waals surface area contributed by atoms with Gasteiger partial charge in [0.05, 0.1) is 0 Å². The number of carbonyl (C=O) groups is 1. The fourth-order valence-electron chi connectivity index (χ4n) is 2.33. The maximum Gasteiger partial charge on any atom is 0.246 e. The minimum absolute atomic E-state index is 0.0889. The van der Waals surface area contributed by atoms with Crippen molar-refractivity contribution in [3.8, 4) is 0 Å². The van der Waals surface area contributed by atoms with Gasteiger partial charge in [0.1, 0.15) is 0 Å². The number of piperidine rings is 1. The molecule has 0 saturated carbocycles. The Morgan fingerprint density at radius 1 is 1.61 bits per heavy atom. The molecule has 0 spiro atoms. The quantitative estimate of drug-likeness (QED) is 0.849. The van der Waals surface area contributed by atoms with Crippen molar-refractivity contribution in [2.24, 2.45) is 5.92 Å². The molecule has 3 nitrogen and oxygen atoms in total. The van der Waals surface area contributed by atoms with Crippen molar-refractivity contribution in [1.29, 1.82) is 0 Å². The zero-order valence-electron chi connectivity index (χ0n) is 10.4. The highest BCUT2D eigenvalue weighted by atomic mass is 32.1. The maximum atomic E-state index is 12.0. The molecular formula is C14H19NO2S. The zero-order valence-corrected chi connectivity index (χ0v) is 11.2. The molecule has 0 radical (unpaired) electrons. The van der Waals surface area contributed by atoms with Crippen LogP contribution in [0.4, 0.5) is 0 Å². The average Bonchev–Trinajstić information content (AvgIpc) is 2.90. The van der Waals surface area contributed by atoms with Crippen LogP contribution in [-0.4, -0.2) is 35.6 Å². The van der Waals surface area contributed by atoms with Crippen LogP contribution in [0.3, 0.4) is 0 Å². The van der Waals surface area contributed by atoms with E-state index in [4.69, 9.17) is 5.11 Å². The van der Waals surface area contributed by atoms with E-state index in [9.17, 15) is 4.79 Å². The average molecular weight is 265 g/mol. The van der Waals surface area contributed by atoms with Crippen LogP contribution in [0.2, 0.25) is 0 Å². The predicted molar refractivity (Wildman–Crippen MR) is 74.4 cm³/mol. The van der Waals surface area contributed by atoms with E-state index in [1.165, 1.54) is 0 Å². The molecule has 0 aliphatic carbocycles. The molecule has 1 atom stereocenters. The topological polar surface area (TPSA) is 40.5 Å². The Morgan fingerprint density at radius 3 is 3.22 bits per heavy atom. The lowest BCUT2D eigenvalue weighted by Crippen LogP contribution is -2.39. The first kappa shape index (κ1) is 13.3. The molecule has 98 valence electrons. The van der Waals surface area contributed by atoms with Crippen molar-refractivity contribution < 1.29 is 9.90 Å². The van der Waals surface area contributed by atoms with Gasteiger partial charge < -0.3 is 10.0 Å². The molecule has 1 unspecified atom stereocenters. The Kier molecular flexibility index (Phi) is 4.96. The van der Waals surface area contributed by atoms with Crippen LogP contribution in [0.25, 0.3) is 6.08 Å². The van der Waals surface area contributed by atoms with Crippen molar-refractivity contribution in [3.63, 3.8) is 0 Å². The first-order valence-electron chi connectivity index (χ1n) is 6.41. The normalized spacial score (nSPS) is 20.5.